The monoisotopic (exact) mass is 455 g/mol. The Morgan fingerprint density at radius 3 is 2.26 bits per heavy atom. The van der Waals surface area contributed by atoms with Crippen molar-refractivity contribution in [3.05, 3.63) is 94.5 Å². The third-order valence-electron chi connectivity index (χ3n) is 6.41. The lowest BCUT2D eigenvalue weighted by atomic mass is 9.86. The van der Waals surface area contributed by atoms with Crippen molar-refractivity contribution >= 4 is 17.4 Å². The van der Waals surface area contributed by atoms with Crippen molar-refractivity contribution in [1.29, 1.82) is 0 Å². The second-order valence-corrected chi connectivity index (χ2v) is 10.1. The fraction of sp³-hybridized carbons (Fsp3) is 0.333. The zero-order valence-corrected chi connectivity index (χ0v) is 20.5. The first-order valence-corrected chi connectivity index (χ1v) is 12.1. The van der Waals surface area contributed by atoms with E-state index in [2.05, 4.69) is 38.2 Å². The SMILES string of the molecule is CC(Oc1ccc2c(c1)CCCC2)C(=O)Nc1cccc(C(=O)c2ccc(C(C)(C)C)cc2)c1. The highest BCUT2D eigenvalue weighted by molar-refractivity contribution is 6.09. The predicted octanol–water partition coefficient (Wildman–Crippen LogP) is 6.50. The van der Waals surface area contributed by atoms with Crippen molar-refractivity contribution in [3.8, 4) is 5.75 Å². The molecule has 0 saturated carbocycles. The van der Waals surface area contributed by atoms with Gasteiger partial charge < -0.3 is 10.1 Å². The van der Waals surface area contributed by atoms with Crippen LogP contribution in [0.4, 0.5) is 5.69 Å². The smallest absolute Gasteiger partial charge is 0.265 e. The van der Waals surface area contributed by atoms with Crippen LogP contribution in [-0.4, -0.2) is 17.8 Å². The number of amides is 1. The average molecular weight is 456 g/mol. The average Bonchev–Trinajstić information content (AvgIpc) is 2.83. The summed E-state index contributed by atoms with van der Waals surface area (Å²) in [7, 11) is 0. The van der Waals surface area contributed by atoms with Gasteiger partial charge in [-0.3, -0.25) is 9.59 Å². The van der Waals surface area contributed by atoms with Gasteiger partial charge in [0.15, 0.2) is 11.9 Å². The van der Waals surface area contributed by atoms with Crippen molar-refractivity contribution in [2.45, 2.75) is 64.9 Å². The number of ether oxygens (including phenoxy) is 1. The zero-order chi connectivity index (χ0) is 24.3. The molecule has 1 aliphatic rings. The topological polar surface area (TPSA) is 55.4 Å². The van der Waals surface area contributed by atoms with E-state index in [0.29, 0.717) is 22.6 Å². The van der Waals surface area contributed by atoms with E-state index in [1.165, 1.54) is 29.5 Å². The Morgan fingerprint density at radius 2 is 1.56 bits per heavy atom. The minimum atomic E-state index is -0.661. The third-order valence-corrected chi connectivity index (χ3v) is 6.41. The molecule has 1 atom stereocenters. The van der Waals surface area contributed by atoms with Crippen LogP contribution in [0.2, 0.25) is 0 Å². The van der Waals surface area contributed by atoms with E-state index in [1.807, 2.05) is 30.3 Å². The molecule has 0 saturated heterocycles. The first-order valence-electron chi connectivity index (χ1n) is 12.1. The third kappa shape index (κ3) is 5.56. The van der Waals surface area contributed by atoms with Crippen LogP contribution in [0.1, 0.15) is 73.1 Å². The van der Waals surface area contributed by atoms with Crippen LogP contribution in [-0.2, 0) is 23.1 Å². The van der Waals surface area contributed by atoms with Gasteiger partial charge in [0.25, 0.3) is 5.91 Å². The van der Waals surface area contributed by atoms with Crippen molar-refractivity contribution in [2.75, 3.05) is 5.32 Å². The molecule has 1 N–H and O–H groups in total. The molecule has 1 aliphatic carbocycles. The van der Waals surface area contributed by atoms with E-state index in [1.54, 1.807) is 31.2 Å². The van der Waals surface area contributed by atoms with E-state index in [-0.39, 0.29) is 17.1 Å². The highest BCUT2D eigenvalue weighted by Crippen LogP contribution is 2.26. The van der Waals surface area contributed by atoms with Gasteiger partial charge in [-0.15, -0.1) is 0 Å². The van der Waals surface area contributed by atoms with E-state index >= 15 is 0 Å². The summed E-state index contributed by atoms with van der Waals surface area (Å²) in [4.78, 5) is 25.8. The van der Waals surface area contributed by atoms with Crippen molar-refractivity contribution in [1.82, 2.24) is 0 Å². The summed E-state index contributed by atoms with van der Waals surface area (Å²) in [6.07, 6.45) is 3.94. The van der Waals surface area contributed by atoms with Crippen LogP contribution >= 0.6 is 0 Å². The summed E-state index contributed by atoms with van der Waals surface area (Å²) in [5.74, 6) is 0.387. The number of ketones is 1. The number of hydrogen-bond acceptors (Lipinski definition) is 3. The molecule has 0 radical (unpaired) electrons. The molecule has 3 aromatic carbocycles. The van der Waals surface area contributed by atoms with Crippen LogP contribution in [0.25, 0.3) is 0 Å². The summed E-state index contributed by atoms with van der Waals surface area (Å²) in [5, 5.41) is 2.88. The fourth-order valence-corrected chi connectivity index (χ4v) is 4.31. The van der Waals surface area contributed by atoms with Crippen LogP contribution in [0, 0.1) is 0 Å². The first kappa shape index (κ1) is 23.7. The van der Waals surface area contributed by atoms with Gasteiger partial charge in [-0.2, -0.15) is 0 Å². The molecule has 0 aliphatic heterocycles. The van der Waals surface area contributed by atoms with Crippen LogP contribution in [0.15, 0.2) is 66.7 Å². The number of fused-ring (bicyclic) bond motifs is 1. The number of hydrogen-bond donors (Lipinski definition) is 1. The Kier molecular flexibility index (Phi) is 6.87. The van der Waals surface area contributed by atoms with E-state index in [0.717, 1.165) is 12.8 Å². The normalized spacial score (nSPS) is 14.1. The van der Waals surface area contributed by atoms with E-state index in [9.17, 15) is 9.59 Å². The molecule has 0 spiro atoms. The molecule has 0 aromatic heterocycles. The lowest BCUT2D eigenvalue weighted by Crippen LogP contribution is -2.30. The number of rotatable bonds is 6. The molecule has 4 nitrogen and oxygen atoms in total. The molecule has 176 valence electrons. The molecule has 0 heterocycles. The zero-order valence-electron chi connectivity index (χ0n) is 20.5. The number of nitrogens with one attached hydrogen (secondary N) is 1. The molecule has 0 bridgehead atoms. The second kappa shape index (κ2) is 9.84. The van der Waals surface area contributed by atoms with E-state index in [4.69, 9.17) is 4.74 Å². The van der Waals surface area contributed by atoms with Crippen molar-refractivity contribution in [2.24, 2.45) is 0 Å². The second-order valence-electron chi connectivity index (χ2n) is 10.1. The highest BCUT2D eigenvalue weighted by atomic mass is 16.5. The predicted molar refractivity (Wildman–Crippen MR) is 137 cm³/mol. The molecule has 1 amide bonds. The first-order chi connectivity index (χ1) is 16.2. The van der Waals surface area contributed by atoms with E-state index < -0.39 is 6.10 Å². The van der Waals surface area contributed by atoms with Crippen LogP contribution < -0.4 is 10.1 Å². The van der Waals surface area contributed by atoms with Gasteiger partial charge in [0.2, 0.25) is 0 Å². The largest absolute Gasteiger partial charge is 0.481 e. The van der Waals surface area contributed by atoms with Gasteiger partial charge in [0.05, 0.1) is 0 Å². The standard InChI is InChI=1S/C30H33NO3/c1-20(34-27-17-14-21-8-5-6-9-23(21)19-27)29(33)31-26-11-7-10-24(18-26)28(32)22-12-15-25(16-13-22)30(2,3)4/h7,10-20H,5-6,8-9H2,1-4H3,(H,31,33). The van der Waals surface area contributed by atoms with Gasteiger partial charge in [0, 0.05) is 16.8 Å². The fourth-order valence-electron chi connectivity index (χ4n) is 4.31. The quantitative estimate of drug-likeness (QED) is 0.432. The summed E-state index contributed by atoms with van der Waals surface area (Å²) < 4.78 is 5.92. The summed E-state index contributed by atoms with van der Waals surface area (Å²) in [5.41, 5.74) is 5.64. The molecular formula is C30H33NO3. The van der Waals surface area contributed by atoms with Gasteiger partial charge in [-0.1, -0.05) is 63.2 Å². The van der Waals surface area contributed by atoms with Crippen LogP contribution in [0.5, 0.6) is 5.75 Å². The lowest BCUT2D eigenvalue weighted by Gasteiger charge is -2.19. The maximum absolute atomic E-state index is 13.0. The Hall–Kier alpha value is -3.40. The Labute approximate surface area is 202 Å². The minimum Gasteiger partial charge on any atom is -0.481 e. The van der Waals surface area contributed by atoms with Crippen molar-refractivity contribution < 1.29 is 14.3 Å². The Bertz CT molecular complexity index is 1190. The van der Waals surface area contributed by atoms with Crippen molar-refractivity contribution in [3.63, 3.8) is 0 Å². The van der Waals surface area contributed by atoms with Gasteiger partial charge >= 0.3 is 0 Å². The molecular weight excluding hydrogens is 422 g/mol. The number of benzene rings is 3. The number of carbonyl (C=O) groups excluding carboxylic acids is 2. The maximum Gasteiger partial charge on any atom is 0.265 e. The lowest BCUT2D eigenvalue weighted by molar-refractivity contribution is -0.122. The van der Waals surface area contributed by atoms with Gasteiger partial charge in [-0.25, -0.2) is 0 Å². The minimum absolute atomic E-state index is 0.0314. The van der Waals surface area contributed by atoms with Gasteiger partial charge in [0.1, 0.15) is 5.75 Å². The summed E-state index contributed by atoms with van der Waals surface area (Å²) >= 11 is 0. The summed E-state index contributed by atoms with van der Waals surface area (Å²) in [6, 6.07) is 20.9. The van der Waals surface area contributed by atoms with Crippen LogP contribution in [0.3, 0.4) is 0 Å². The maximum atomic E-state index is 13.0. The molecule has 0 fully saturated rings. The molecule has 4 rings (SSSR count). The van der Waals surface area contributed by atoms with Gasteiger partial charge in [-0.05, 0) is 79.0 Å². The number of carbonyl (C=O) groups is 2. The molecule has 1 unspecified atom stereocenters. The Balaban J connectivity index is 1.41. The molecule has 4 heteroatoms. The molecule has 3 aromatic rings. The summed E-state index contributed by atoms with van der Waals surface area (Å²) in [6.45, 7) is 8.17. The highest BCUT2D eigenvalue weighted by Gasteiger charge is 2.18. The molecule has 34 heavy (non-hydrogen) atoms. The number of anilines is 1. The number of aryl methyl sites for hydroxylation is 2. The Morgan fingerprint density at radius 1 is 0.853 bits per heavy atom.